The van der Waals surface area contributed by atoms with Crippen LogP contribution < -0.4 is 16.0 Å². The summed E-state index contributed by atoms with van der Waals surface area (Å²) in [5, 5.41) is 16.2. The Labute approximate surface area is 194 Å². The maximum Gasteiger partial charge on any atom is 0.408 e. The molecule has 0 aliphatic rings. The number of alkyl carbamates (subject to hydrolysis) is 1. The van der Waals surface area contributed by atoms with E-state index in [1.54, 1.807) is 18.4 Å². The van der Waals surface area contributed by atoms with E-state index in [-0.39, 0.29) is 24.0 Å². The van der Waals surface area contributed by atoms with Crippen molar-refractivity contribution >= 4 is 36.0 Å². The normalized spacial score (nSPS) is 12.1. The van der Waals surface area contributed by atoms with Crippen LogP contribution in [0.1, 0.15) is 47.4 Å². The number of guanidine groups is 1. The quantitative estimate of drug-likeness (QED) is 0.245. The molecule has 2 heterocycles. The van der Waals surface area contributed by atoms with Crippen molar-refractivity contribution in [2.45, 2.75) is 59.2 Å². The molecule has 0 spiro atoms. The van der Waals surface area contributed by atoms with Crippen LogP contribution in [-0.2, 0) is 11.3 Å². The summed E-state index contributed by atoms with van der Waals surface area (Å²) in [4.78, 5) is 20.9. The molecule has 2 aromatic heterocycles. The predicted molar refractivity (Wildman–Crippen MR) is 126 cm³/mol. The molecule has 0 atom stereocenters. The van der Waals surface area contributed by atoms with E-state index in [2.05, 4.69) is 36.1 Å². The average Bonchev–Trinajstić information content (AvgIpc) is 3.26. The van der Waals surface area contributed by atoms with E-state index >= 15 is 0 Å². The molecule has 30 heavy (non-hydrogen) atoms. The summed E-state index contributed by atoms with van der Waals surface area (Å²) in [5.74, 6) is 2.29. The highest BCUT2D eigenvalue weighted by Gasteiger charge is 2.24. The molecule has 0 saturated carbocycles. The molecule has 11 heteroatoms. The summed E-state index contributed by atoms with van der Waals surface area (Å²) in [6, 6.07) is 3.57. The molecule has 2 rings (SSSR count). The molecule has 0 saturated heterocycles. The standard InChI is InChI=1S/C19H31N7O3.HI/c1-7-20-16(22-12-19(5,6)24-17(27)29-18(2,3)4)21-11-14-23-15(26-25-14)13-9-8-10-28-13;/h8-10H,7,11-12H2,1-6H3,(H,24,27)(H2,20,21,22)(H,23,25,26);1H. The van der Waals surface area contributed by atoms with Crippen LogP contribution in [-0.4, -0.2) is 51.5 Å². The Morgan fingerprint density at radius 1 is 1.27 bits per heavy atom. The van der Waals surface area contributed by atoms with Gasteiger partial charge in [-0.2, -0.15) is 0 Å². The predicted octanol–water partition coefficient (Wildman–Crippen LogP) is 3.04. The van der Waals surface area contributed by atoms with Crippen LogP contribution in [0.4, 0.5) is 4.79 Å². The van der Waals surface area contributed by atoms with Crippen LogP contribution in [0.15, 0.2) is 27.8 Å². The minimum Gasteiger partial charge on any atom is -0.461 e. The van der Waals surface area contributed by atoms with Crippen LogP contribution in [0.5, 0.6) is 0 Å². The zero-order valence-corrected chi connectivity index (χ0v) is 20.7. The van der Waals surface area contributed by atoms with Gasteiger partial charge >= 0.3 is 6.09 Å². The highest BCUT2D eigenvalue weighted by atomic mass is 127. The highest BCUT2D eigenvalue weighted by molar-refractivity contribution is 14.0. The van der Waals surface area contributed by atoms with Gasteiger partial charge in [0.1, 0.15) is 18.0 Å². The van der Waals surface area contributed by atoms with Crippen LogP contribution in [0.3, 0.4) is 0 Å². The van der Waals surface area contributed by atoms with Gasteiger partial charge < -0.3 is 25.1 Å². The van der Waals surface area contributed by atoms with Crippen LogP contribution in [0.25, 0.3) is 11.6 Å². The molecule has 0 aliphatic carbocycles. The van der Waals surface area contributed by atoms with Crippen molar-refractivity contribution in [1.82, 2.24) is 31.1 Å². The monoisotopic (exact) mass is 533 g/mol. The number of halogens is 1. The summed E-state index contributed by atoms with van der Waals surface area (Å²) in [5.41, 5.74) is -1.09. The van der Waals surface area contributed by atoms with Crippen molar-refractivity contribution in [2.75, 3.05) is 13.1 Å². The van der Waals surface area contributed by atoms with Crippen molar-refractivity contribution in [3.05, 3.63) is 24.2 Å². The number of carbonyl (C=O) groups excluding carboxylic acids is 1. The Morgan fingerprint density at radius 2 is 2.00 bits per heavy atom. The largest absolute Gasteiger partial charge is 0.461 e. The molecular weight excluding hydrogens is 501 g/mol. The minimum absolute atomic E-state index is 0. The Balaban J connectivity index is 0.00000450. The number of nitrogens with one attached hydrogen (secondary N) is 4. The number of H-pyrrole nitrogens is 1. The molecule has 0 aromatic carbocycles. The van der Waals surface area contributed by atoms with Gasteiger partial charge in [0.15, 0.2) is 11.7 Å². The zero-order chi connectivity index (χ0) is 21.5. The maximum absolute atomic E-state index is 12.0. The molecule has 10 nitrogen and oxygen atoms in total. The van der Waals surface area contributed by atoms with E-state index in [1.165, 1.54) is 0 Å². The topological polar surface area (TPSA) is 129 Å². The third-order valence-corrected chi connectivity index (χ3v) is 3.54. The van der Waals surface area contributed by atoms with E-state index in [0.717, 1.165) is 0 Å². The number of aromatic amines is 1. The van der Waals surface area contributed by atoms with Crippen LogP contribution in [0.2, 0.25) is 0 Å². The smallest absolute Gasteiger partial charge is 0.408 e. The van der Waals surface area contributed by atoms with Crippen molar-refractivity contribution in [2.24, 2.45) is 4.99 Å². The van der Waals surface area contributed by atoms with Gasteiger partial charge in [-0.25, -0.2) is 14.8 Å². The van der Waals surface area contributed by atoms with Gasteiger partial charge in [0, 0.05) is 13.1 Å². The van der Waals surface area contributed by atoms with E-state index in [1.807, 2.05) is 41.5 Å². The molecule has 4 N–H and O–H groups in total. The SMILES string of the molecule is CCNC(=NCc1nc(-c2ccco2)n[nH]1)NCC(C)(C)NC(=O)OC(C)(C)C.I. The van der Waals surface area contributed by atoms with Gasteiger partial charge in [0.05, 0.1) is 11.8 Å². The third-order valence-electron chi connectivity index (χ3n) is 3.54. The lowest BCUT2D eigenvalue weighted by Crippen LogP contribution is -2.54. The van der Waals surface area contributed by atoms with E-state index in [4.69, 9.17) is 9.15 Å². The van der Waals surface area contributed by atoms with Gasteiger partial charge in [-0.05, 0) is 53.7 Å². The van der Waals surface area contributed by atoms with Gasteiger partial charge in [-0.3, -0.25) is 5.10 Å². The molecule has 0 fully saturated rings. The maximum atomic E-state index is 12.0. The second-order valence-corrected chi connectivity index (χ2v) is 8.14. The highest BCUT2D eigenvalue weighted by Crippen LogP contribution is 2.14. The fourth-order valence-electron chi connectivity index (χ4n) is 2.31. The number of nitrogens with zero attached hydrogens (tertiary/aromatic N) is 3. The number of furan rings is 1. The first-order chi connectivity index (χ1) is 13.6. The number of amides is 1. The number of hydrogen-bond acceptors (Lipinski definition) is 6. The number of rotatable bonds is 7. The lowest BCUT2D eigenvalue weighted by atomic mass is 10.1. The lowest BCUT2D eigenvalue weighted by molar-refractivity contribution is 0.0474. The first kappa shape index (κ1) is 25.7. The molecule has 0 unspecified atom stereocenters. The average molecular weight is 533 g/mol. The Bertz CT molecular complexity index is 810. The number of aliphatic imine (C=N–C) groups is 1. The van der Waals surface area contributed by atoms with Gasteiger partial charge in [-0.15, -0.1) is 29.1 Å². The Morgan fingerprint density at radius 3 is 2.60 bits per heavy atom. The second kappa shape index (κ2) is 11.2. The molecule has 2 aromatic rings. The van der Waals surface area contributed by atoms with Gasteiger partial charge in [0.25, 0.3) is 0 Å². The number of hydrogen-bond donors (Lipinski definition) is 4. The van der Waals surface area contributed by atoms with Crippen LogP contribution in [0, 0.1) is 0 Å². The fraction of sp³-hybridized carbons (Fsp3) is 0.579. The van der Waals surface area contributed by atoms with Crippen molar-refractivity contribution in [1.29, 1.82) is 0 Å². The first-order valence-electron chi connectivity index (χ1n) is 9.56. The number of aromatic nitrogens is 3. The summed E-state index contributed by atoms with van der Waals surface area (Å²) in [6.07, 6.45) is 1.11. The first-order valence-corrected chi connectivity index (χ1v) is 9.56. The Hall–Kier alpha value is -2.31. The van der Waals surface area contributed by atoms with E-state index < -0.39 is 17.2 Å². The van der Waals surface area contributed by atoms with Crippen LogP contribution >= 0.6 is 24.0 Å². The van der Waals surface area contributed by atoms with Gasteiger partial charge in [0.2, 0.25) is 5.82 Å². The molecule has 0 radical (unpaired) electrons. The third kappa shape index (κ3) is 9.01. The summed E-state index contributed by atoms with van der Waals surface area (Å²) in [6.45, 7) is 12.7. The van der Waals surface area contributed by atoms with Gasteiger partial charge in [-0.1, -0.05) is 0 Å². The summed E-state index contributed by atoms with van der Waals surface area (Å²) in [7, 11) is 0. The minimum atomic E-state index is -0.546. The summed E-state index contributed by atoms with van der Waals surface area (Å²) < 4.78 is 10.6. The van der Waals surface area contributed by atoms with E-state index in [9.17, 15) is 4.79 Å². The number of ether oxygens (including phenoxy) is 1. The van der Waals surface area contributed by atoms with Crippen molar-refractivity contribution in [3.63, 3.8) is 0 Å². The van der Waals surface area contributed by atoms with E-state index in [0.29, 0.717) is 43.0 Å². The lowest BCUT2D eigenvalue weighted by Gasteiger charge is -2.29. The molecule has 0 aliphatic heterocycles. The second-order valence-electron chi connectivity index (χ2n) is 8.14. The molecule has 1 amide bonds. The van der Waals surface area contributed by atoms with Crippen molar-refractivity contribution < 1.29 is 13.9 Å². The molecular formula is C19H32IN7O3. The zero-order valence-electron chi connectivity index (χ0n) is 18.3. The van der Waals surface area contributed by atoms with Crippen molar-refractivity contribution in [3.8, 4) is 11.6 Å². The Kier molecular flexibility index (Phi) is 9.59. The number of carbonyl (C=O) groups is 1. The fourth-order valence-corrected chi connectivity index (χ4v) is 2.31. The molecule has 0 bridgehead atoms. The molecule has 168 valence electrons. The summed E-state index contributed by atoms with van der Waals surface area (Å²) >= 11 is 0.